The van der Waals surface area contributed by atoms with E-state index in [0.717, 1.165) is 32.1 Å². The summed E-state index contributed by atoms with van der Waals surface area (Å²) < 4.78 is 19.4. The van der Waals surface area contributed by atoms with Crippen LogP contribution in [0.25, 0.3) is 0 Å². The molecule has 0 N–H and O–H groups in total. The van der Waals surface area contributed by atoms with Crippen LogP contribution in [0.5, 0.6) is 5.75 Å². The first-order chi connectivity index (χ1) is 7.85. The molecule has 2 fully saturated rings. The van der Waals surface area contributed by atoms with Gasteiger partial charge in [0, 0.05) is 0 Å². The van der Waals surface area contributed by atoms with E-state index < -0.39 is 7.87 Å². The van der Waals surface area contributed by atoms with Crippen LogP contribution in [0.2, 0.25) is 0 Å². The zero-order chi connectivity index (χ0) is 11.0. The molecule has 88 valence electrons. The van der Waals surface area contributed by atoms with Gasteiger partial charge in [0.25, 0.3) is 0 Å². The number of hydrogen-bond donors (Lipinski definition) is 0. The quantitative estimate of drug-likeness (QED) is 0.727. The second kappa shape index (κ2) is 3.97. The van der Waals surface area contributed by atoms with Gasteiger partial charge in [-0.15, -0.1) is 0 Å². The van der Waals surface area contributed by atoms with Gasteiger partial charge in [-0.3, -0.25) is 0 Å². The summed E-state index contributed by atoms with van der Waals surface area (Å²) in [5.41, 5.74) is 0. The molecule has 0 atom stereocenters. The number of fused-ring (bicyclic) bond motifs is 1. The Balaban J connectivity index is 1.95. The number of ether oxygens (including phenoxy) is 1. The molecule has 2 saturated heterocycles. The molecule has 0 radical (unpaired) electrons. The van der Waals surface area contributed by atoms with Crippen LogP contribution in [0.1, 0.15) is 0 Å². The zero-order valence-electron chi connectivity index (χ0n) is 9.31. The second-order valence-corrected chi connectivity index (χ2v) is 6.95. The SMILES string of the molecule is COc1ccc([PH]23OCCN2CCO3)cc1. The molecule has 0 bridgehead atoms. The summed E-state index contributed by atoms with van der Waals surface area (Å²) in [6.07, 6.45) is 0. The molecule has 0 aromatic heterocycles. The maximum atomic E-state index is 5.93. The summed E-state index contributed by atoms with van der Waals surface area (Å²) >= 11 is 0. The van der Waals surface area contributed by atoms with Gasteiger partial charge in [-0.2, -0.15) is 0 Å². The van der Waals surface area contributed by atoms with E-state index in [-0.39, 0.29) is 0 Å². The Hall–Kier alpha value is -0.670. The molecule has 2 aliphatic rings. The molecule has 2 aliphatic heterocycles. The van der Waals surface area contributed by atoms with Crippen molar-refractivity contribution in [2.24, 2.45) is 0 Å². The molecule has 5 heteroatoms. The monoisotopic (exact) mass is 241 g/mol. The van der Waals surface area contributed by atoms with Gasteiger partial charge in [0.05, 0.1) is 0 Å². The van der Waals surface area contributed by atoms with E-state index in [9.17, 15) is 0 Å². The predicted octanol–water partition coefficient (Wildman–Crippen LogP) is 1.18. The van der Waals surface area contributed by atoms with Crippen LogP contribution in [0.4, 0.5) is 0 Å². The van der Waals surface area contributed by atoms with Gasteiger partial charge >= 0.3 is 95.1 Å². The van der Waals surface area contributed by atoms with Crippen LogP contribution in [0.3, 0.4) is 0 Å². The average Bonchev–Trinajstić information content (AvgIpc) is 2.88. The topological polar surface area (TPSA) is 30.9 Å². The van der Waals surface area contributed by atoms with Gasteiger partial charge in [-0.25, -0.2) is 0 Å². The summed E-state index contributed by atoms with van der Waals surface area (Å²) in [6.45, 7) is 3.58. The Bertz CT molecular complexity index is 371. The molecule has 0 amide bonds. The molecule has 1 aromatic carbocycles. The fourth-order valence-corrected chi connectivity index (χ4v) is 5.61. The van der Waals surface area contributed by atoms with E-state index in [0.29, 0.717) is 0 Å². The first kappa shape index (κ1) is 10.5. The van der Waals surface area contributed by atoms with E-state index in [2.05, 4.69) is 16.8 Å². The van der Waals surface area contributed by atoms with Crippen molar-refractivity contribution < 1.29 is 13.8 Å². The number of rotatable bonds is 2. The summed E-state index contributed by atoms with van der Waals surface area (Å²) in [5.74, 6) is 0.872. The molecule has 3 rings (SSSR count). The van der Waals surface area contributed by atoms with Gasteiger partial charge in [0.15, 0.2) is 0 Å². The molecular weight excluding hydrogens is 225 g/mol. The van der Waals surface area contributed by atoms with Gasteiger partial charge < -0.3 is 0 Å². The number of methoxy groups -OCH3 is 1. The fraction of sp³-hybridized carbons (Fsp3) is 0.455. The first-order valence-electron chi connectivity index (χ1n) is 5.53. The van der Waals surface area contributed by atoms with E-state index in [4.69, 9.17) is 13.8 Å². The molecule has 4 nitrogen and oxygen atoms in total. The van der Waals surface area contributed by atoms with Crippen molar-refractivity contribution >= 4 is 13.2 Å². The Kier molecular flexibility index (Phi) is 2.60. The van der Waals surface area contributed by atoms with Crippen molar-refractivity contribution in [3.63, 3.8) is 0 Å². The van der Waals surface area contributed by atoms with Crippen LogP contribution in [-0.2, 0) is 9.05 Å². The Morgan fingerprint density at radius 2 is 1.75 bits per heavy atom. The molecule has 16 heavy (non-hydrogen) atoms. The number of nitrogens with zero attached hydrogens (tertiary/aromatic N) is 1. The third kappa shape index (κ3) is 1.45. The third-order valence-corrected chi connectivity index (χ3v) is 6.72. The second-order valence-electron chi connectivity index (χ2n) is 3.99. The van der Waals surface area contributed by atoms with Crippen molar-refractivity contribution in [1.82, 2.24) is 4.67 Å². The number of hydrogen-bond acceptors (Lipinski definition) is 4. The van der Waals surface area contributed by atoms with E-state index >= 15 is 0 Å². The Labute approximate surface area is 95.7 Å². The van der Waals surface area contributed by atoms with Crippen LogP contribution in [0, 0.1) is 0 Å². The maximum absolute atomic E-state index is 5.93. The summed E-state index contributed by atoms with van der Waals surface area (Å²) in [4.78, 5) is 0. The third-order valence-electron chi connectivity index (χ3n) is 3.19. The average molecular weight is 241 g/mol. The first-order valence-corrected chi connectivity index (χ1v) is 7.29. The van der Waals surface area contributed by atoms with Gasteiger partial charge in [-0.05, 0) is 0 Å². The van der Waals surface area contributed by atoms with Crippen molar-refractivity contribution in [3.8, 4) is 5.75 Å². The summed E-state index contributed by atoms with van der Waals surface area (Å²) in [6, 6.07) is 8.07. The van der Waals surface area contributed by atoms with Crippen molar-refractivity contribution in [2.75, 3.05) is 33.4 Å². The zero-order valence-corrected chi connectivity index (χ0v) is 10.3. The fourth-order valence-electron chi connectivity index (χ4n) is 2.37. The van der Waals surface area contributed by atoms with Gasteiger partial charge in [-0.1, -0.05) is 0 Å². The molecule has 0 saturated carbocycles. The standard InChI is InChI=1S/C11H16NO3P/c1-13-10-2-4-11(5-3-10)16-12(6-8-14-16)7-9-15-16/h2-5,16H,6-9H2,1H3. The minimum absolute atomic E-state index is 0.790. The van der Waals surface area contributed by atoms with Gasteiger partial charge in [0.2, 0.25) is 0 Å². The van der Waals surface area contributed by atoms with Crippen molar-refractivity contribution in [3.05, 3.63) is 24.3 Å². The Morgan fingerprint density at radius 3 is 2.31 bits per heavy atom. The van der Waals surface area contributed by atoms with Crippen molar-refractivity contribution in [2.45, 2.75) is 0 Å². The molecular formula is C11H16NO3P. The molecule has 0 aliphatic carbocycles. The Morgan fingerprint density at radius 1 is 1.12 bits per heavy atom. The van der Waals surface area contributed by atoms with E-state index in [1.165, 1.54) is 5.30 Å². The van der Waals surface area contributed by atoms with Gasteiger partial charge in [0.1, 0.15) is 0 Å². The summed E-state index contributed by atoms with van der Waals surface area (Å²) in [5, 5.41) is 1.18. The van der Waals surface area contributed by atoms with E-state index in [1.807, 2.05) is 12.1 Å². The van der Waals surface area contributed by atoms with Crippen LogP contribution in [-0.4, -0.2) is 38.1 Å². The molecule has 1 aromatic rings. The normalized spacial score (nSPS) is 25.3. The van der Waals surface area contributed by atoms with Crippen molar-refractivity contribution in [1.29, 1.82) is 0 Å². The summed E-state index contributed by atoms with van der Waals surface area (Å²) in [7, 11) is -0.557. The van der Waals surface area contributed by atoms with Crippen LogP contribution < -0.4 is 10.0 Å². The molecule has 2 heterocycles. The molecule has 0 spiro atoms. The molecule has 0 unspecified atom stereocenters. The minimum atomic E-state index is -2.23. The van der Waals surface area contributed by atoms with E-state index in [1.54, 1.807) is 7.11 Å². The van der Waals surface area contributed by atoms with Crippen LogP contribution in [0.15, 0.2) is 24.3 Å². The van der Waals surface area contributed by atoms with Crippen LogP contribution >= 0.6 is 7.87 Å². The number of benzene rings is 1. The predicted molar refractivity (Wildman–Crippen MR) is 64.4 cm³/mol.